The molecule has 0 saturated heterocycles. The summed E-state index contributed by atoms with van der Waals surface area (Å²) < 4.78 is 0. The number of nitrogens with two attached hydrogens (primary N) is 1. The summed E-state index contributed by atoms with van der Waals surface area (Å²) >= 11 is 0. The Bertz CT molecular complexity index is 2230. The van der Waals surface area contributed by atoms with Crippen molar-refractivity contribution in [2.24, 2.45) is 0 Å². The zero-order chi connectivity index (χ0) is 33.2. The van der Waals surface area contributed by atoms with Crippen LogP contribution in [-0.4, -0.2) is 0 Å². The molecule has 6 aromatic carbocycles. The number of nitriles is 1. The molecule has 0 fully saturated rings. The second-order valence-electron chi connectivity index (χ2n) is 14.2. The van der Waals surface area contributed by atoms with E-state index in [1.807, 2.05) is 6.07 Å². The molecule has 6 aromatic rings. The van der Waals surface area contributed by atoms with Gasteiger partial charge in [-0.25, -0.2) is 0 Å². The van der Waals surface area contributed by atoms with E-state index < -0.39 is 0 Å². The molecular weight excluding hydrogens is 583 g/mol. The Morgan fingerprint density at radius 1 is 0.562 bits per heavy atom. The van der Waals surface area contributed by atoms with Crippen LogP contribution in [0.2, 0.25) is 0 Å². The van der Waals surface area contributed by atoms with Gasteiger partial charge < -0.3 is 10.6 Å². The number of anilines is 4. The van der Waals surface area contributed by atoms with Crippen molar-refractivity contribution in [3.05, 3.63) is 166 Å². The normalized spacial score (nSPS) is 15.3. The van der Waals surface area contributed by atoms with Gasteiger partial charge in [-0.2, -0.15) is 5.26 Å². The molecule has 1 heterocycles. The fourth-order valence-electron chi connectivity index (χ4n) is 8.33. The largest absolute Gasteiger partial charge is 0.397 e. The van der Waals surface area contributed by atoms with E-state index >= 15 is 0 Å². The van der Waals surface area contributed by atoms with E-state index in [2.05, 4.69) is 160 Å². The smallest absolute Gasteiger partial charge is 0.101 e. The van der Waals surface area contributed by atoms with E-state index in [4.69, 9.17) is 5.73 Å². The lowest BCUT2D eigenvalue weighted by molar-refractivity contribution is 0.632. The summed E-state index contributed by atoms with van der Waals surface area (Å²) in [6.07, 6.45) is 1.52. The standard InChI is InChI=1S/C45H39N3/c1-44(2)37-15-7-5-13-33(37)32-25-23-30(28-46)43(47)35(32)26-22-29-21-24-31(27-36(29)34-14-6-8-16-38(34)44)48-41-19-11-9-17-39(41)45(3,4)40-18-10-12-20-42(40)48/h5-21,23-25,27H,22,26,47H2,1-4H3. The van der Waals surface area contributed by atoms with Gasteiger partial charge in [-0.3, -0.25) is 0 Å². The number of para-hydroxylation sites is 2. The number of fused-ring (bicyclic) bond motifs is 8. The molecule has 48 heavy (non-hydrogen) atoms. The average Bonchev–Trinajstić information content (AvgIpc) is 3.12. The summed E-state index contributed by atoms with van der Waals surface area (Å²) in [5, 5.41) is 9.94. The van der Waals surface area contributed by atoms with Gasteiger partial charge in [0, 0.05) is 16.5 Å². The van der Waals surface area contributed by atoms with Crippen molar-refractivity contribution < 1.29 is 0 Å². The second-order valence-corrected chi connectivity index (χ2v) is 14.2. The van der Waals surface area contributed by atoms with Gasteiger partial charge in [-0.15, -0.1) is 0 Å². The highest BCUT2D eigenvalue weighted by Gasteiger charge is 2.37. The third-order valence-electron chi connectivity index (χ3n) is 10.9. The Morgan fingerprint density at radius 3 is 1.69 bits per heavy atom. The fourth-order valence-corrected chi connectivity index (χ4v) is 8.33. The van der Waals surface area contributed by atoms with Crippen LogP contribution >= 0.6 is 0 Å². The Hall–Kier alpha value is -5.59. The number of nitrogens with zero attached hydrogens (tertiary/aromatic N) is 2. The van der Waals surface area contributed by atoms with Crippen LogP contribution in [0.15, 0.2) is 127 Å². The number of nitrogen functional groups attached to an aromatic ring is 1. The molecule has 3 heteroatoms. The van der Waals surface area contributed by atoms with Crippen molar-refractivity contribution in [1.82, 2.24) is 0 Å². The Balaban J connectivity index is 1.40. The van der Waals surface area contributed by atoms with Crippen LogP contribution in [0.25, 0.3) is 22.3 Å². The van der Waals surface area contributed by atoms with Crippen molar-refractivity contribution in [2.75, 3.05) is 10.6 Å². The minimum Gasteiger partial charge on any atom is -0.397 e. The Morgan fingerprint density at radius 2 is 1.08 bits per heavy atom. The van der Waals surface area contributed by atoms with Crippen LogP contribution < -0.4 is 10.6 Å². The maximum absolute atomic E-state index is 9.94. The van der Waals surface area contributed by atoms with E-state index in [1.54, 1.807) is 0 Å². The highest BCUT2D eigenvalue weighted by molar-refractivity contribution is 5.89. The molecule has 0 radical (unpaired) electrons. The first-order valence-electron chi connectivity index (χ1n) is 16.8. The molecule has 8 rings (SSSR count). The van der Waals surface area contributed by atoms with E-state index in [0.29, 0.717) is 11.3 Å². The van der Waals surface area contributed by atoms with Crippen molar-refractivity contribution >= 4 is 22.7 Å². The number of rotatable bonds is 1. The number of aryl methyl sites for hydroxylation is 1. The molecule has 0 unspecified atom stereocenters. The summed E-state index contributed by atoms with van der Waals surface area (Å²) in [6.45, 7) is 9.32. The van der Waals surface area contributed by atoms with Crippen LogP contribution in [0.1, 0.15) is 66.6 Å². The van der Waals surface area contributed by atoms with Crippen molar-refractivity contribution in [3.8, 4) is 28.3 Å². The van der Waals surface area contributed by atoms with Gasteiger partial charge >= 0.3 is 0 Å². The predicted molar refractivity (Wildman–Crippen MR) is 199 cm³/mol. The number of hydrogen-bond donors (Lipinski definition) is 1. The zero-order valence-electron chi connectivity index (χ0n) is 28.0. The van der Waals surface area contributed by atoms with Crippen molar-refractivity contribution in [3.63, 3.8) is 0 Å². The first kappa shape index (κ1) is 29.8. The zero-order valence-corrected chi connectivity index (χ0v) is 28.0. The highest BCUT2D eigenvalue weighted by Crippen LogP contribution is 2.53. The summed E-state index contributed by atoms with van der Waals surface area (Å²) in [5.74, 6) is 0. The van der Waals surface area contributed by atoms with Gasteiger partial charge in [-0.1, -0.05) is 125 Å². The Kier molecular flexibility index (Phi) is 6.83. The van der Waals surface area contributed by atoms with Crippen LogP contribution in [0.4, 0.5) is 22.7 Å². The SMILES string of the molecule is CC1(C)c2ccccc2-c2cc(N3c4ccccc4C(C)(C)c4ccccc43)ccc2CCc2c(ccc(C#N)c2N)-c2ccccc21. The van der Waals surface area contributed by atoms with Crippen molar-refractivity contribution in [2.45, 2.75) is 51.4 Å². The molecule has 3 nitrogen and oxygen atoms in total. The molecule has 0 aromatic heterocycles. The monoisotopic (exact) mass is 621 g/mol. The predicted octanol–water partition coefficient (Wildman–Crippen LogP) is 11.0. The lowest BCUT2D eigenvalue weighted by Gasteiger charge is -2.42. The van der Waals surface area contributed by atoms with E-state index in [0.717, 1.165) is 29.7 Å². The van der Waals surface area contributed by atoms with Gasteiger partial charge in [0.15, 0.2) is 0 Å². The maximum Gasteiger partial charge on any atom is 0.101 e. The maximum atomic E-state index is 9.94. The Labute approximate surface area is 283 Å². The van der Waals surface area contributed by atoms with Gasteiger partial charge in [0.2, 0.25) is 0 Å². The molecule has 0 atom stereocenters. The van der Waals surface area contributed by atoms with Crippen LogP contribution in [0.5, 0.6) is 0 Å². The molecule has 1 aliphatic heterocycles. The molecule has 0 bridgehead atoms. The fraction of sp³-hybridized carbons (Fsp3) is 0.178. The molecular formula is C45H39N3. The lowest BCUT2D eigenvalue weighted by atomic mass is 9.72. The summed E-state index contributed by atoms with van der Waals surface area (Å²) in [4.78, 5) is 2.44. The molecule has 2 N–H and O–H groups in total. The van der Waals surface area contributed by atoms with Crippen LogP contribution in [0, 0.1) is 11.3 Å². The molecule has 234 valence electrons. The molecule has 1 aliphatic carbocycles. The molecule has 2 aliphatic rings. The van der Waals surface area contributed by atoms with Gasteiger partial charge in [0.1, 0.15) is 6.07 Å². The van der Waals surface area contributed by atoms with Gasteiger partial charge in [-0.05, 0) is 98.8 Å². The van der Waals surface area contributed by atoms with Gasteiger partial charge in [0.05, 0.1) is 22.6 Å². The molecule has 0 saturated carbocycles. The summed E-state index contributed by atoms with van der Waals surface area (Å²) in [7, 11) is 0. The third kappa shape index (κ3) is 4.40. The topological polar surface area (TPSA) is 53.0 Å². The first-order valence-corrected chi connectivity index (χ1v) is 16.8. The minimum atomic E-state index is -0.334. The van der Waals surface area contributed by atoms with E-state index in [-0.39, 0.29) is 10.8 Å². The third-order valence-corrected chi connectivity index (χ3v) is 10.9. The number of benzene rings is 6. The first-order chi connectivity index (χ1) is 23.2. The quantitative estimate of drug-likeness (QED) is 0.186. The van der Waals surface area contributed by atoms with Crippen LogP contribution in [-0.2, 0) is 23.7 Å². The summed E-state index contributed by atoms with van der Waals surface area (Å²) in [6, 6.07) is 48.6. The number of hydrogen-bond acceptors (Lipinski definition) is 3. The minimum absolute atomic E-state index is 0.124. The molecule has 0 amide bonds. The highest BCUT2D eigenvalue weighted by atomic mass is 15.2. The lowest BCUT2D eigenvalue weighted by Crippen LogP contribution is -2.30. The van der Waals surface area contributed by atoms with Crippen molar-refractivity contribution in [1.29, 1.82) is 5.26 Å². The second kappa shape index (κ2) is 11.0. The van der Waals surface area contributed by atoms with E-state index in [9.17, 15) is 5.26 Å². The molecule has 0 spiro atoms. The van der Waals surface area contributed by atoms with E-state index in [1.165, 1.54) is 55.9 Å². The average molecular weight is 622 g/mol. The summed E-state index contributed by atoms with van der Waals surface area (Å²) in [5.41, 5.74) is 23.2. The van der Waals surface area contributed by atoms with Crippen LogP contribution in [0.3, 0.4) is 0 Å². The van der Waals surface area contributed by atoms with Gasteiger partial charge in [0.25, 0.3) is 0 Å².